The second-order valence-corrected chi connectivity index (χ2v) is 6.84. The molecular formula is C18H26N6O. The van der Waals surface area contributed by atoms with Crippen LogP contribution in [0.4, 0.5) is 11.6 Å². The molecule has 134 valence electrons. The van der Waals surface area contributed by atoms with Gasteiger partial charge in [-0.2, -0.15) is 5.10 Å². The Morgan fingerprint density at radius 2 is 2.08 bits per heavy atom. The minimum atomic E-state index is -0.0552. The van der Waals surface area contributed by atoms with Gasteiger partial charge in [-0.3, -0.25) is 9.78 Å². The standard InChI is InChI=1S/C18H26N6O/c1-13(2)24-18(25)8-7-17(22-24)23-9-5-4-6-15(23)11-21-16-12-19-14(3)10-20-16/h7-8,10,12-13,15H,4-6,9,11H2,1-3H3,(H,20,21). The zero-order valence-electron chi connectivity index (χ0n) is 15.1. The molecule has 1 atom stereocenters. The summed E-state index contributed by atoms with van der Waals surface area (Å²) in [6, 6.07) is 3.83. The zero-order valence-corrected chi connectivity index (χ0v) is 15.1. The molecule has 0 aliphatic carbocycles. The Labute approximate surface area is 148 Å². The maximum atomic E-state index is 12.0. The molecule has 3 heterocycles. The molecule has 25 heavy (non-hydrogen) atoms. The molecule has 1 aliphatic heterocycles. The van der Waals surface area contributed by atoms with Gasteiger partial charge in [0.1, 0.15) is 11.6 Å². The Bertz CT molecular complexity index is 755. The molecule has 0 saturated carbocycles. The number of rotatable bonds is 5. The van der Waals surface area contributed by atoms with Gasteiger partial charge < -0.3 is 10.2 Å². The van der Waals surface area contributed by atoms with E-state index in [-0.39, 0.29) is 11.6 Å². The molecule has 1 aliphatic rings. The maximum Gasteiger partial charge on any atom is 0.267 e. The van der Waals surface area contributed by atoms with E-state index >= 15 is 0 Å². The van der Waals surface area contributed by atoms with Crippen LogP contribution >= 0.6 is 0 Å². The molecule has 1 unspecified atom stereocenters. The summed E-state index contributed by atoms with van der Waals surface area (Å²) in [7, 11) is 0. The second-order valence-electron chi connectivity index (χ2n) is 6.84. The molecule has 0 spiro atoms. The van der Waals surface area contributed by atoms with E-state index in [1.165, 1.54) is 6.42 Å². The maximum absolute atomic E-state index is 12.0. The van der Waals surface area contributed by atoms with Crippen LogP contribution in [0.15, 0.2) is 29.3 Å². The number of anilines is 2. The Hall–Kier alpha value is -2.44. The highest BCUT2D eigenvalue weighted by Crippen LogP contribution is 2.23. The van der Waals surface area contributed by atoms with E-state index in [0.717, 1.165) is 43.3 Å². The highest BCUT2D eigenvalue weighted by molar-refractivity contribution is 5.40. The van der Waals surface area contributed by atoms with E-state index in [2.05, 4.69) is 25.3 Å². The van der Waals surface area contributed by atoms with Crippen LogP contribution in [0.25, 0.3) is 0 Å². The summed E-state index contributed by atoms with van der Waals surface area (Å²) < 4.78 is 1.56. The van der Waals surface area contributed by atoms with Crippen molar-refractivity contribution in [1.29, 1.82) is 0 Å². The summed E-state index contributed by atoms with van der Waals surface area (Å²) in [5.41, 5.74) is 0.852. The Balaban J connectivity index is 1.75. The summed E-state index contributed by atoms with van der Waals surface area (Å²) >= 11 is 0. The number of aryl methyl sites for hydroxylation is 1. The summed E-state index contributed by atoms with van der Waals surface area (Å²) in [6.07, 6.45) is 6.96. The van der Waals surface area contributed by atoms with Gasteiger partial charge in [0.25, 0.3) is 5.56 Å². The van der Waals surface area contributed by atoms with Gasteiger partial charge in [0.15, 0.2) is 0 Å². The van der Waals surface area contributed by atoms with Gasteiger partial charge in [-0.1, -0.05) is 0 Å². The van der Waals surface area contributed by atoms with Gasteiger partial charge in [0.05, 0.1) is 24.1 Å². The first-order chi connectivity index (χ1) is 12.0. The molecule has 0 amide bonds. The molecule has 2 aromatic rings. The first-order valence-electron chi connectivity index (χ1n) is 8.93. The fraction of sp³-hybridized carbons (Fsp3) is 0.556. The van der Waals surface area contributed by atoms with Crippen molar-refractivity contribution in [2.24, 2.45) is 0 Å². The minimum Gasteiger partial charge on any atom is -0.367 e. The third-order valence-electron chi connectivity index (χ3n) is 4.52. The molecule has 0 bridgehead atoms. The normalized spacial score (nSPS) is 17.8. The Morgan fingerprint density at radius 3 is 2.80 bits per heavy atom. The average Bonchev–Trinajstić information content (AvgIpc) is 2.62. The number of nitrogens with one attached hydrogen (secondary N) is 1. The van der Waals surface area contributed by atoms with Gasteiger partial charge in [0, 0.05) is 25.2 Å². The van der Waals surface area contributed by atoms with Crippen LogP contribution in [0.3, 0.4) is 0 Å². The molecule has 2 aromatic heterocycles. The summed E-state index contributed by atoms with van der Waals surface area (Å²) in [5, 5.41) is 7.97. The van der Waals surface area contributed by atoms with Crippen molar-refractivity contribution >= 4 is 11.6 Å². The lowest BCUT2D eigenvalue weighted by Gasteiger charge is -2.37. The summed E-state index contributed by atoms with van der Waals surface area (Å²) in [4.78, 5) is 22.9. The number of aromatic nitrogens is 4. The predicted molar refractivity (Wildman–Crippen MR) is 99.1 cm³/mol. The number of hydrogen-bond acceptors (Lipinski definition) is 6. The zero-order chi connectivity index (χ0) is 17.8. The number of hydrogen-bond donors (Lipinski definition) is 1. The van der Waals surface area contributed by atoms with E-state index in [9.17, 15) is 4.79 Å². The summed E-state index contributed by atoms with van der Waals surface area (Å²) in [6.45, 7) is 7.61. The quantitative estimate of drug-likeness (QED) is 0.899. The van der Waals surface area contributed by atoms with Gasteiger partial charge in [-0.25, -0.2) is 9.67 Å². The molecule has 1 N–H and O–H groups in total. The van der Waals surface area contributed by atoms with Crippen molar-refractivity contribution in [3.63, 3.8) is 0 Å². The lowest BCUT2D eigenvalue weighted by molar-refractivity contribution is 0.451. The van der Waals surface area contributed by atoms with E-state index in [4.69, 9.17) is 0 Å². The van der Waals surface area contributed by atoms with Crippen LogP contribution in [0.5, 0.6) is 0 Å². The highest BCUT2D eigenvalue weighted by Gasteiger charge is 2.24. The van der Waals surface area contributed by atoms with Crippen molar-refractivity contribution in [3.05, 3.63) is 40.6 Å². The Morgan fingerprint density at radius 1 is 1.24 bits per heavy atom. The van der Waals surface area contributed by atoms with Crippen LogP contribution in [0.2, 0.25) is 0 Å². The van der Waals surface area contributed by atoms with Crippen LogP contribution in [-0.4, -0.2) is 38.9 Å². The topological polar surface area (TPSA) is 75.9 Å². The van der Waals surface area contributed by atoms with Crippen LogP contribution in [0.1, 0.15) is 44.8 Å². The number of piperidine rings is 1. The van der Waals surface area contributed by atoms with Crippen molar-refractivity contribution in [3.8, 4) is 0 Å². The third kappa shape index (κ3) is 4.15. The molecule has 7 heteroatoms. The van der Waals surface area contributed by atoms with E-state index in [1.807, 2.05) is 26.8 Å². The van der Waals surface area contributed by atoms with Crippen molar-refractivity contribution in [1.82, 2.24) is 19.7 Å². The van der Waals surface area contributed by atoms with Crippen molar-refractivity contribution < 1.29 is 0 Å². The van der Waals surface area contributed by atoms with Crippen LogP contribution in [-0.2, 0) is 0 Å². The van der Waals surface area contributed by atoms with E-state index < -0.39 is 0 Å². The monoisotopic (exact) mass is 342 g/mol. The molecule has 7 nitrogen and oxygen atoms in total. The minimum absolute atomic E-state index is 0.0525. The summed E-state index contributed by atoms with van der Waals surface area (Å²) in [5.74, 6) is 1.66. The first-order valence-corrected chi connectivity index (χ1v) is 8.93. The molecule has 0 radical (unpaired) electrons. The third-order valence-corrected chi connectivity index (χ3v) is 4.52. The average molecular weight is 342 g/mol. The van der Waals surface area contributed by atoms with Crippen LogP contribution < -0.4 is 15.8 Å². The fourth-order valence-electron chi connectivity index (χ4n) is 3.16. The van der Waals surface area contributed by atoms with Gasteiger partial charge in [-0.15, -0.1) is 0 Å². The van der Waals surface area contributed by atoms with Gasteiger partial charge in [0.2, 0.25) is 0 Å². The molecular weight excluding hydrogens is 316 g/mol. The van der Waals surface area contributed by atoms with Gasteiger partial charge >= 0.3 is 0 Å². The first kappa shape index (κ1) is 17.4. The van der Waals surface area contributed by atoms with Crippen molar-refractivity contribution in [2.75, 3.05) is 23.3 Å². The lowest BCUT2D eigenvalue weighted by atomic mass is 10.0. The number of nitrogens with zero attached hydrogens (tertiary/aromatic N) is 5. The van der Waals surface area contributed by atoms with Gasteiger partial charge in [-0.05, 0) is 46.1 Å². The predicted octanol–water partition coefficient (Wildman–Crippen LogP) is 2.39. The van der Waals surface area contributed by atoms with E-state index in [0.29, 0.717) is 6.04 Å². The smallest absolute Gasteiger partial charge is 0.267 e. The largest absolute Gasteiger partial charge is 0.367 e. The van der Waals surface area contributed by atoms with Crippen LogP contribution in [0, 0.1) is 6.92 Å². The molecule has 0 aromatic carbocycles. The SMILES string of the molecule is Cc1cnc(NCC2CCCCN2c2ccc(=O)n(C(C)C)n2)cn1. The van der Waals surface area contributed by atoms with Crippen molar-refractivity contribution in [2.45, 2.75) is 52.1 Å². The fourth-order valence-corrected chi connectivity index (χ4v) is 3.16. The highest BCUT2D eigenvalue weighted by atomic mass is 16.1. The lowest BCUT2D eigenvalue weighted by Crippen LogP contribution is -2.45. The molecule has 3 rings (SSSR count). The second kappa shape index (κ2) is 7.63. The Kier molecular flexibility index (Phi) is 5.31. The molecule has 1 saturated heterocycles. The molecule has 1 fully saturated rings. The van der Waals surface area contributed by atoms with E-state index in [1.54, 1.807) is 23.1 Å².